The maximum absolute atomic E-state index is 14.4. The summed E-state index contributed by atoms with van der Waals surface area (Å²) in [6.07, 6.45) is 0.0982. The van der Waals surface area contributed by atoms with Crippen molar-refractivity contribution in [2.75, 3.05) is 10.2 Å². The molecule has 4 rings (SSSR count). The number of hydrogen-bond acceptors (Lipinski definition) is 2. The number of carbonyl (C=O) groups excluding carboxylic acids is 2. The van der Waals surface area contributed by atoms with Gasteiger partial charge in [0.25, 0.3) is 5.91 Å². The molecule has 4 aromatic rings. The number of rotatable bonds is 7. The Kier molecular flexibility index (Phi) is 7.08. The monoisotopic (exact) mass is 456 g/mol. The average Bonchev–Trinajstić information content (AvgIpc) is 2.83. The van der Waals surface area contributed by atoms with E-state index in [4.69, 9.17) is 0 Å². The second-order valence-corrected chi connectivity index (χ2v) is 7.76. The first-order valence-corrected chi connectivity index (χ1v) is 10.7. The fourth-order valence-corrected chi connectivity index (χ4v) is 3.60. The molecule has 4 nitrogen and oxygen atoms in total. The summed E-state index contributed by atoms with van der Waals surface area (Å²) >= 11 is 0. The van der Waals surface area contributed by atoms with E-state index in [0.29, 0.717) is 23.0 Å². The fourth-order valence-electron chi connectivity index (χ4n) is 3.60. The summed E-state index contributed by atoms with van der Waals surface area (Å²) < 4.78 is 27.8. The summed E-state index contributed by atoms with van der Waals surface area (Å²) in [5.74, 6) is -2.49. The number of anilines is 2. The second-order valence-electron chi connectivity index (χ2n) is 7.76. The molecule has 0 heterocycles. The normalized spacial score (nSPS) is 10.5. The van der Waals surface area contributed by atoms with Crippen molar-refractivity contribution in [1.29, 1.82) is 0 Å². The molecule has 1 N–H and O–H groups in total. The van der Waals surface area contributed by atoms with Crippen LogP contribution < -0.4 is 10.2 Å². The molecule has 0 atom stereocenters. The van der Waals surface area contributed by atoms with Gasteiger partial charge in [0.15, 0.2) is 0 Å². The Balaban J connectivity index is 1.62. The summed E-state index contributed by atoms with van der Waals surface area (Å²) in [7, 11) is 0. The maximum Gasteiger partial charge on any atom is 0.261 e. The minimum Gasteiger partial charge on any atom is -0.326 e. The largest absolute Gasteiger partial charge is 0.326 e. The molecule has 0 aliphatic heterocycles. The first-order valence-electron chi connectivity index (χ1n) is 10.7. The molecular weight excluding hydrogens is 434 g/mol. The van der Waals surface area contributed by atoms with Crippen LogP contribution in [0.3, 0.4) is 0 Å². The third-order valence-electron chi connectivity index (χ3n) is 5.23. The van der Waals surface area contributed by atoms with E-state index in [9.17, 15) is 18.4 Å². The van der Waals surface area contributed by atoms with Crippen LogP contribution in [-0.4, -0.2) is 11.8 Å². The lowest BCUT2D eigenvalue weighted by Crippen LogP contribution is -2.31. The van der Waals surface area contributed by atoms with E-state index in [1.54, 1.807) is 36.4 Å². The van der Waals surface area contributed by atoms with Gasteiger partial charge < -0.3 is 10.2 Å². The number of nitrogens with one attached hydrogen (secondary N) is 1. The SMILES string of the molecule is O=C(Cc1cccc(N(Cc2ccccc2)C(=O)c2ccc(F)cc2F)c1)Nc1ccccc1. The lowest BCUT2D eigenvalue weighted by molar-refractivity contribution is -0.115. The Bertz CT molecular complexity index is 1290. The highest BCUT2D eigenvalue weighted by atomic mass is 19.1. The molecule has 0 saturated heterocycles. The zero-order valence-electron chi connectivity index (χ0n) is 18.2. The number of benzene rings is 4. The van der Waals surface area contributed by atoms with Crippen LogP contribution in [0.1, 0.15) is 21.5 Å². The van der Waals surface area contributed by atoms with Crippen LogP contribution in [0.4, 0.5) is 20.2 Å². The van der Waals surface area contributed by atoms with Crippen molar-refractivity contribution in [2.45, 2.75) is 13.0 Å². The summed E-state index contributed by atoms with van der Waals surface area (Å²) in [5.41, 5.74) is 2.49. The molecule has 0 radical (unpaired) electrons. The highest BCUT2D eigenvalue weighted by Crippen LogP contribution is 2.24. The van der Waals surface area contributed by atoms with Gasteiger partial charge in [0, 0.05) is 17.4 Å². The molecule has 2 amide bonds. The van der Waals surface area contributed by atoms with Gasteiger partial charge in [0.1, 0.15) is 11.6 Å². The van der Waals surface area contributed by atoms with E-state index < -0.39 is 17.5 Å². The molecule has 0 aromatic heterocycles. The highest BCUT2D eigenvalue weighted by Gasteiger charge is 2.22. The lowest BCUT2D eigenvalue weighted by atomic mass is 10.1. The first-order chi connectivity index (χ1) is 16.5. The lowest BCUT2D eigenvalue weighted by Gasteiger charge is -2.24. The summed E-state index contributed by atoms with van der Waals surface area (Å²) in [5, 5.41) is 2.84. The topological polar surface area (TPSA) is 49.4 Å². The standard InChI is InChI=1S/C28H22F2N2O2/c29-22-14-15-25(26(30)18-22)28(34)32(19-20-8-3-1-4-9-20)24-13-7-10-21(16-24)17-27(33)31-23-11-5-2-6-12-23/h1-16,18H,17,19H2,(H,31,33). The van der Waals surface area contributed by atoms with Gasteiger partial charge in [0.2, 0.25) is 5.91 Å². The molecule has 0 aliphatic carbocycles. The van der Waals surface area contributed by atoms with E-state index in [2.05, 4.69) is 5.32 Å². The second kappa shape index (κ2) is 10.5. The van der Waals surface area contributed by atoms with Crippen molar-refractivity contribution in [3.63, 3.8) is 0 Å². The minimum atomic E-state index is -0.929. The summed E-state index contributed by atoms with van der Waals surface area (Å²) in [6, 6.07) is 28.3. The Hall–Kier alpha value is -4.32. The minimum absolute atomic E-state index is 0.0982. The van der Waals surface area contributed by atoms with Crippen LogP contribution in [0.25, 0.3) is 0 Å². The van der Waals surface area contributed by atoms with E-state index >= 15 is 0 Å². The van der Waals surface area contributed by atoms with Gasteiger partial charge in [-0.2, -0.15) is 0 Å². The van der Waals surface area contributed by atoms with Crippen LogP contribution >= 0.6 is 0 Å². The van der Waals surface area contributed by atoms with Crippen LogP contribution in [0.2, 0.25) is 0 Å². The van der Waals surface area contributed by atoms with E-state index in [1.165, 1.54) is 4.90 Å². The zero-order valence-corrected chi connectivity index (χ0v) is 18.2. The molecule has 4 aromatic carbocycles. The molecule has 0 bridgehead atoms. The van der Waals surface area contributed by atoms with Gasteiger partial charge in [-0.15, -0.1) is 0 Å². The highest BCUT2D eigenvalue weighted by molar-refractivity contribution is 6.06. The van der Waals surface area contributed by atoms with Gasteiger partial charge in [-0.3, -0.25) is 9.59 Å². The molecule has 0 saturated carbocycles. The Labute approximate surface area is 196 Å². The molecule has 170 valence electrons. The van der Waals surface area contributed by atoms with Crippen LogP contribution in [0, 0.1) is 11.6 Å². The summed E-state index contributed by atoms with van der Waals surface area (Å²) in [4.78, 5) is 27.3. The van der Waals surface area contributed by atoms with Gasteiger partial charge in [-0.05, 0) is 47.5 Å². The van der Waals surface area contributed by atoms with E-state index in [-0.39, 0.29) is 24.4 Å². The summed E-state index contributed by atoms with van der Waals surface area (Å²) in [6.45, 7) is 0.177. The molecule has 0 unspecified atom stereocenters. The van der Waals surface area contributed by atoms with Crippen LogP contribution in [-0.2, 0) is 17.8 Å². The Morgan fingerprint density at radius 1 is 0.735 bits per heavy atom. The molecule has 6 heteroatoms. The van der Waals surface area contributed by atoms with Crippen molar-refractivity contribution in [3.8, 4) is 0 Å². The number of para-hydroxylation sites is 1. The van der Waals surface area contributed by atoms with Crippen LogP contribution in [0.15, 0.2) is 103 Å². The molecule has 0 fully saturated rings. The molecule has 0 aliphatic rings. The quantitative estimate of drug-likeness (QED) is 0.371. The van der Waals surface area contributed by atoms with Gasteiger partial charge in [0.05, 0.1) is 18.5 Å². The zero-order chi connectivity index (χ0) is 23.9. The number of amides is 2. The Morgan fingerprint density at radius 3 is 2.12 bits per heavy atom. The number of nitrogens with zero attached hydrogens (tertiary/aromatic N) is 1. The van der Waals surface area contributed by atoms with Gasteiger partial charge >= 0.3 is 0 Å². The van der Waals surface area contributed by atoms with Crippen molar-refractivity contribution in [3.05, 3.63) is 131 Å². The number of hydrogen-bond donors (Lipinski definition) is 1. The molecular formula is C28H22F2N2O2. The average molecular weight is 456 g/mol. The van der Waals surface area contributed by atoms with Crippen molar-refractivity contribution in [2.24, 2.45) is 0 Å². The Morgan fingerprint density at radius 2 is 1.41 bits per heavy atom. The van der Waals surface area contributed by atoms with Crippen LogP contribution in [0.5, 0.6) is 0 Å². The maximum atomic E-state index is 14.4. The van der Waals surface area contributed by atoms with E-state index in [0.717, 1.165) is 17.7 Å². The fraction of sp³-hybridized carbons (Fsp3) is 0.0714. The third-order valence-corrected chi connectivity index (χ3v) is 5.23. The van der Waals surface area contributed by atoms with Gasteiger partial charge in [-0.1, -0.05) is 60.7 Å². The van der Waals surface area contributed by atoms with Crippen molar-refractivity contribution >= 4 is 23.2 Å². The third kappa shape index (κ3) is 5.72. The smallest absolute Gasteiger partial charge is 0.261 e. The van der Waals surface area contributed by atoms with E-state index in [1.807, 2.05) is 48.5 Å². The van der Waals surface area contributed by atoms with Crippen molar-refractivity contribution in [1.82, 2.24) is 0 Å². The molecule has 34 heavy (non-hydrogen) atoms. The first kappa shape index (κ1) is 22.9. The molecule has 0 spiro atoms. The number of halogens is 2. The predicted molar refractivity (Wildman–Crippen MR) is 129 cm³/mol. The number of carbonyl (C=O) groups is 2. The van der Waals surface area contributed by atoms with Gasteiger partial charge in [-0.25, -0.2) is 8.78 Å². The predicted octanol–water partition coefficient (Wildman–Crippen LogP) is 5.99. The van der Waals surface area contributed by atoms with Crippen molar-refractivity contribution < 1.29 is 18.4 Å².